The van der Waals surface area contributed by atoms with Crippen molar-refractivity contribution in [2.45, 2.75) is 19.3 Å². The van der Waals surface area contributed by atoms with Crippen molar-refractivity contribution in [3.8, 4) is 0 Å². The summed E-state index contributed by atoms with van der Waals surface area (Å²) in [5, 5.41) is 0. The van der Waals surface area contributed by atoms with Gasteiger partial charge in [0.1, 0.15) is 11.6 Å². The summed E-state index contributed by atoms with van der Waals surface area (Å²) >= 11 is 5.44. The van der Waals surface area contributed by atoms with Crippen LogP contribution < -0.4 is 0 Å². The average Bonchev–Trinajstić information content (AvgIpc) is 2.22. The highest BCUT2D eigenvalue weighted by molar-refractivity contribution is 6.17. The Morgan fingerprint density at radius 1 is 1.27 bits per heavy atom. The molecule has 0 aliphatic rings. The molecule has 0 heterocycles. The zero-order valence-electron chi connectivity index (χ0n) is 8.10. The maximum atomic E-state index is 13.1. The highest BCUT2D eigenvalue weighted by atomic mass is 35.5. The normalized spacial score (nSPS) is 10.3. The predicted molar refractivity (Wildman–Crippen MR) is 55.3 cm³/mol. The van der Waals surface area contributed by atoms with Crippen LogP contribution in [-0.2, 0) is 0 Å². The van der Waals surface area contributed by atoms with Crippen LogP contribution >= 0.6 is 11.6 Å². The van der Waals surface area contributed by atoms with Gasteiger partial charge in [-0.15, -0.1) is 11.6 Å². The van der Waals surface area contributed by atoms with Gasteiger partial charge in [-0.2, -0.15) is 0 Å². The Morgan fingerprint density at radius 2 is 2.00 bits per heavy atom. The molecule has 0 saturated heterocycles. The lowest BCUT2D eigenvalue weighted by molar-refractivity contribution is 0.0975. The summed E-state index contributed by atoms with van der Waals surface area (Å²) in [5.74, 6) is -1.18. The molecular weight excluding hydrogens is 222 g/mol. The van der Waals surface area contributed by atoms with E-state index in [1.807, 2.05) is 0 Å². The van der Waals surface area contributed by atoms with Gasteiger partial charge < -0.3 is 0 Å². The van der Waals surface area contributed by atoms with Gasteiger partial charge in [-0.25, -0.2) is 8.78 Å². The summed E-state index contributed by atoms with van der Waals surface area (Å²) in [6, 6.07) is 2.88. The molecule has 1 aromatic carbocycles. The zero-order valence-corrected chi connectivity index (χ0v) is 8.86. The Morgan fingerprint density at radius 3 is 2.67 bits per heavy atom. The highest BCUT2D eigenvalue weighted by Crippen LogP contribution is 2.13. The molecule has 0 aliphatic carbocycles. The average molecular weight is 233 g/mol. The minimum atomic E-state index is -0.674. The Labute approximate surface area is 92.1 Å². The number of unbranched alkanes of at least 4 members (excludes halogenated alkanes) is 1. The molecule has 0 bridgehead atoms. The van der Waals surface area contributed by atoms with Crippen LogP contribution in [0.15, 0.2) is 18.2 Å². The minimum Gasteiger partial charge on any atom is -0.294 e. The van der Waals surface area contributed by atoms with Crippen LogP contribution in [0.3, 0.4) is 0 Å². The van der Waals surface area contributed by atoms with Crippen LogP contribution in [0.1, 0.15) is 29.6 Å². The quantitative estimate of drug-likeness (QED) is 0.431. The lowest BCUT2D eigenvalue weighted by Crippen LogP contribution is -2.03. The van der Waals surface area contributed by atoms with Gasteiger partial charge in [-0.05, 0) is 31.0 Å². The van der Waals surface area contributed by atoms with Crippen LogP contribution in [0.2, 0.25) is 0 Å². The van der Waals surface area contributed by atoms with Gasteiger partial charge in [0.05, 0.1) is 5.56 Å². The van der Waals surface area contributed by atoms with E-state index in [4.69, 9.17) is 11.6 Å². The number of alkyl halides is 1. The Hall–Kier alpha value is -0.960. The monoisotopic (exact) mass is 232 g/mol. The number of hydrogen-bond donors (Lipinski definition) is 0. The third-order valence-electron chi connectivity index (χ3n) is 2.02. The van der Waals surface area contributed by atoms with Gasteiger partial charge in [0, 0.05) is 12.3 Å². The van der Waals surface area contributed by atoms with Gasteiger partial charge in [0.25, 0.3) is 0 Å². The third kappa shape index (κ3) is 3.59. The molecule has 0 N–H and O–H groups in total. The van der Waals surface area contributed by atoms with Crippen LogP contribution in [-0.4, -0.2) is 11.7 Å². The summed E-state index contributed by atoms with van der Waals surface area (Å²) in [7, 11) is 0. The molecule has 15 heavy (non-hydrogen) atoms. The van der Waals surface area contributed by atoms with E-state index in [2.05, 4.69) is 0 Å². The maximum Gasteiger partial charge on any atom is 0.165 e. The molecule has 0 aliphatic heterocycles. The van der Waals surface area contributed by atoms with Gasteiger partial charge in [0.2, 0.25) is 0 Å². The topological polar surface area (TPSA) is 17.1 Å². The maximum absolute atomic E-state index is 13.1. The second-order valence-electron chi connectivity index (χ2n) is 3.19. The Kier molecular flexibility index (Phi) is 4.69. The third-order valence-corrected chi connectivity index (χ3v) is 2.28. The van der Waals surface area contributed by atoms with Gasteiger partial charge in [-0.3, -0.25) is 4.79 Å². The largest absolute Gasteiger partial charge is 0.294 e. The smallest absolute Gasteiger partial charge is 0.165 e. The second kappa shape index (κ2) is 5.81. The molecule has 1 rings (SSSR count). The molecule has 0 aromatic heterocycles. The number of ketones is 1. The fourth-order valence-corrected chi connectivity index (χ4v) is 1.41. The van der Waals surface area contributed by atoms with E-state index in [0.29, 0.717) is 18.7 Å². The first-order chi connectivity index (χ1) is 7.15. The van der Waals surface area contributed by atoms with Gasteiger partial charge in [-0.1, -0.05) is 0 Å². The van der Waals surface area contributed by atoms with Crippen LogP contribution in [0.5, 0.6) is 0 Å². The molecule has 1 nitrogen and oxygen atoms in total. The molecule has 0 unspecified atom stereocenters. The molecule has 0 spiro atoms. The number of halogens is 3. The SMILES string of the molecule is O=C(CCCCCl)c1cc(F)ccc1F. The van der Waals surface area contributed by atoms with Crippen LogP contribution in [0, 0.1) is 11.6 Å². The molecule has 1 aromatic rings. The number of Topliss-reactive ketones (excluding diaryl/α,β-unsaturated/α-hetero) is 1. The van der Waals surface area contributed by atoms with E-state index < -0.39 is 11.6 Å². The molecule has 4 heteroatoms. The van der Waals surface area contributed by atoms with Crippen molar-refractivity contribution in [1.82, 2.24) is 0 Å². The molecule has 0 fully saturated rings. The fourth-order valence-electron chi connectivity index (χ4n) is 1.23. The van der Waals surface area contributed by atoms with Crippen molar-refractivity contribution in [2.24, 2.45) is 0 Å². The predicted octanol–water partition coefficient (Wildman–Crippen LogP) is 3.56. The summed E-state index contributed by atoms with van der Waals surface area (Å²) in [4.78, 5) is 11.4. The Bertz CT molecular complexity index is 352. The second-order valence-corrected chi connectivity index (χ2v) is 3.57. The first kappa shape index (κ1) is 12.1. The number of carbonyl (C=O) groups is 1. The molecule has 0 radical (unpaired) electrons. The first-order valence-corrected chi connectivity index (χ1v) is 5.23. The number of carbonyl (C=O) groups excluding carboxylic acids is 1. The first-order valence-electron chi connectivity index (χ1n) is 4.69. The minimum absolute atomic E-state index is 0.176. The fraction of sp³-hybridized carbons (Fsp3) is 0.364. The molecule has 0 saturated carbocycles. The van der Waals surface area contributed by atoms with E-state index in [-0.39, 0.29) is 17.8 Å². The van der Waals surface area contributed by atoms with Crippen molar-refractivity contribution in [3.05, 3.63) is 35.4 Å². The van der Waals surface area contributed by atoms with Gasteiger partial charge in [0.15, 0.2) is 5.78 Å². The van der Waals surface area contributed by atoms with E-state index in [0.717, 1.165) is 18.2 Å². The Balaban J connectivity index is 2.68. The molecule has 0 amide bonds. The lowest BCUT2D eigenvalue weighted by Gasteiger charge is -2.02. The van der Waals surface area contributed by atoms with Gasteiger partial charge >= 0.3 is 0 Å². The molecule has 82 valence electrons. The molecule has 0 atom stereocenters. The summed E-state index contributed by atoms with van der Waals surface area (Å²) in [5.41, 5.74) is -0.176. The van der Waals surface area contributed by atoms with Crippen molar-refractivity contribution in [2.75, 3.05) is 5.88 Å². The summed E-state index contributed by atoms with van der Waals surface area (Å²) < 4.78 is 25.9. The van der Waals surface area contributed by atoms with Crippen LogP contribution in [0.4, 0.5) is 8.78 Å². The lowest BCUT2D eigenvalue weighted by atomic mass is 10.1. The number of benzene rings is 1. The van der Waals surface area contributed by atoms with Crippen molar-refractivity contribution in [1.29, 1.82) is 0 Å². The van der Waals surface area contributed by atoms with E-state index in [1.54, 1.807) is 0 Å². The molecular formula is C11H11ClF2O. The highest BCUT2D eigenvalue weighted by Gasteiger charge is 2.11. The van der Waals surface area contributed by atoms with Crippen molar-refractivity contribution in [3.63, 3.8) is 0 Å². The van der Waals surface area contributed by atoms with E-state index in [1.165, 1.54) is 0 Å². The number of hydrogen-bond acceptors (Lipinski definition) is 1. The number of rotatable bonds is 5. The van der Waals surface area contributed by atoms with Crippen LogP contribution in [0.25, 0.3) is 0 Å². The van der Waals surface area contributed by atoms with E-state index >= 15 is 0 Å². The summed E-state index contributed by atoms with van der Waals surface area (Å²) in [6.07, 6.45) is 1.50. The van der Waals surface area contributed by atoms with Crippen molar-refractivity contribution >= 4 is 17.4 Å². The van der Waals surface area contributed by atoms with E-state index in [9.17, 15) is 13.6 Å². The van der Waals surface area contributed by atoms with Crippen molar-refractivity contribution < 1.29 is 13.6 Å². The summed E-state index contributed by atoms with van der Waals surface area (Å²) in [6.45, 7) is 0. The zero-order chi connectivity index (χ0) is 11.3. The standard InChI is InChI=1S/C11H11ClF2O/c12-6-2-1-3-11(15)9-7-8(13)4-5-10(9)14/h4-5,7H,1-3,6H2.